The predicted octanol–water partition coefficient (Wildman–Crippen LogP) is 7.35. The Morgan fingerprint density at radius 3 is 2.77 bits per heavy atom. The van der Waals surface area contributed by atoms with Gasteiger partial charge >= 0.3 is 0 Å². The van der Waals surface area contributed by atoms with Gasteiger partial charge in [0.25, 0.3) is 0 Å². The number of allylic oxidation sites excluding steroid dienone is 3. The highest BCUT2D eigenvalue weighted by atomic mass is 32.1. The summed E-state index contributed by atoms with van der Waals surface area (Å²) in [5.41, 5.74) is 3.90. The van der Waals surface area contributed by atoms with E-state index in [2.05, 4.69) is 109 Å². The van der Waals surface area contributed by atoms with Crippen LogP contribution in [-0.2, 0) is 6.42 Å². The van der Waals surface area contributed by atoms with Crippen LogP contribution in [-0.4, -0.2) is 6.54 Å². The molecule has 0 radical (unpaired) electrons. The highest BCUT2D eigenvalue weighted by molar-refractivity contribution is 7.17. The van der Waals surface area contributed by atoms with Crippen molar-refractivity contribution in [2.75, 3.05) is 11.4 Å². The van der Waals surface area contributed by atoms with Crippen molar-refractivity contribution in [2.45, 2.75) is 26.2 Å². The summed E-state index contributed by atoms with van der Waals surface area (Å²) in [4.78, 5) is 2.40. The predicted molar refractivity (Wildman–Crippen MR) is 154 cm³/mol. The van der Waals surface area contributed by atoms with E-state index in [-0.39, 0.29) is 0 Å². The standard InChI is InChI=1S/C33H31NS/c1-3-27(4-2)34-21-9-12-23(15-16-25-11-6-8-14-30(25)34)26-18-19-31-29(22-26)33-28-13-7-5-10-24(28)17-20-32(33)35-31/h3-14,17,19-20,22-23,26H,1,15-16,18,21H2,2H3/b12-9-,27-4+. The van der Waals surface area contributed by atoms with Crippen LogP contribution < -0.4 is 14.7 Å². The largest absolute Gasteiger partial charge is 0.338 e. The molecule has 2 heteroatoms. The second kappa shape index (κ2) is 9.36. The minimum absolute atomic E-state index is 0.523. The molecule has 1 aromatic heterocycles. The molecule has 0 N–H and O–H groups in total. The van der Waals surface area contributed by atoms with Gasteiger partial charge in [0.1, 0.15) is 0 Å². The summed E-state index contributed by atoms with van der Waals surface area (Å²) in [5, 5.41) is 5.61. The molecule has 0 bridgehead atoms. The maximum atomic E-state index is 4.07. The van der Waals surface area contributed by atoms with Crippen molar-refractivity contribution in [3.63, 3.8) is 0 Å². The van der Waals surface area contributed by atoms with Crippen molar-refractivity contribution in [1.29, 1.82) is 0 Å². The Morgan fingerprint density at radius 2 is 1.89 bits per heavy atom. The Balaban J connectivity index is 1.41. The smallest absolute Gasteiger partial charge is 0.0446 e. The minimum Gasteiger partial charge on any atom is -0.338 e. The van der Waals surface area contributed by atoms with Crippen LogP contribution in [0.1, 0.15) is 25.3 Å². The average Bonchev–Trinajstić information content (AvgIpc) is 3.32. The highest BCUT2D eigenvalue weighted by Crippen LogP contribution is 2.33. The fourth-order valence-electron chi connectivity index (χ4n) is 5.88. The zero-order chi connectivity index (χ0) is 23.8. The molecule has 35 heavy (non-hydrogen) atoms. The summed E-state index contributed by atoms with van der Waals surface area (Å²) in [7, 11) is 0. The van der Waals surface area contributed by atoms with Gasteiger partial charge in [-0.1, -0.05) is 85.5 Å². The molecule has 3 aromatic carbocycles. The Kier molecular flexibility index (Phi) is 5.91. The lowest BCUT2D eigenvalue weighted by molar-refractivity contribution is 0.473. The van der Waals surface area contributed by atoms with Gasteiger partial charge in [-0.15, -0.1) is 11.3 Å². The molecule has 1 nitrogen and oxygen atoms in total. The van der Waals surface area contributed by atoms with Crippen LogP contribution in [0.2, 0.25) is 0 Å². The number of para-hydroxylation sites is 1. The lowest BCUT2D eigenvalue weighted by atomic mass is 9.82. The topological polar surface area (TPSA) is 3.24 Å². The van der Waals surface area contributed by atoms with E-state index in [0.29, 0.717) is 11.8 Å². The van der Waals surface area contributed by atoms with Gasteiger partial charge in [-0.05, 0) is 77.8 Å². The SMILES string of the molecule is C=C/C(=C\C)N1C/C=C\C(C2C=c3c(sc4ccc5ccccc5c34)=CC2)CCc2ccccc21. The number of rotatable bonds is 3. The number of hydrogen-bond donors (Lipinski definition) is 0. The monoisotopic (exact) mass is 473 g/mol. The first-order chi connectivity index (χ1) is 17.3. The number of fused-ring (bicyclic) bond motifs is 6. The van der Waals surface area contributed by atoms with Gasteiger partial charge in [0, 0.05) is 32.5 Å². The molecule has 4 aromatic rings. The summed E-state index contributed by atoms with van der Waals surface area (Å²) >= 11 is 1.95. The zero-order valence-electron chi connectivity index (χ0n) is 20.3. The van der Waals surface area contributed by atoms with Gasteiger partial charge in [0.05, 0.1) is 0 Å². The molecule has 2 heterocycles. The van der Waals surface area contributed by atoms with Crippen LogP contribution in [0.4, 0.5) is 5.69 Å². The summed E-state index contributed by atoms with van der Waals surface area (Å²) in [6.45, 7) is 7.03. The van der Waals surface area contributed by atoms with Crippen molar-refractivity contribution in [3.05, 3.63) is 113 Å². The Labute approximate surface area is 211 Å². The molecule has 1 aliphatic carbocycles. The van der Waals surface area contributed by atoms with Crippen LogP contribution in [0, 0.1) is 11.8 Å². The van der Waals surface area contributed by atoms with Gasteiger partial charge in [0.2, 0.25) is 0 Å². The van der Waals surface area contributed by atoms with E-state index in [9.17, 15) is 0 Å². The van der Waals surface area contributed by atoms with Gasteiger partial charge in [-0.25, -0.2) is 0 Å². The molecule has 174 valence electrons. The van der Waals surface area contributed by atoms with Crippen LogP contribution in [0.3, 0.4) is 0 Å². The molecular formula is C33H31NS. The normalized spacial score (nSPS) is 21.2. The molecule has 0 amide bonds. The summed E-state index contributed by atoms with van der Waals surface area (Å²) in [6.07, 6.45) is 17.4. The minimum atomic E-state index is 0.523. The highest BCUT2D eigenvalue weighted by Gasteiger charge is 2.22. The summed E-state index contributed by atoms with van der Waals surface area (Å²) < 4.78 is 2.85. The van der Waals surface area contributed by atoms with Gasteiger partial charge in [-0.3, -0.25) is 0 Å². The molecule has 1 aliphatic heterocycles. The van der Waals surface area contributed by atoms with Crippen LogP contribution in [0.5, 0.6) is 0 Å². The average molecular weight is 474 g/mol. The first-order valence-corrected chi connectivity index (χ1v) is 13.5. The quantitative estimate of drug-likeness (QED) is 0.222. The maximum absolute atomic E-state index is 4.07. The third kappa shape index (κ3) is 3.96. The molecule has 6 rings (SSSR count). The number of aryl methyl sites for hydroxylation is 1. The number of nitrogens with zero attached hydrogens (tertiary/aromatic N) is 1. The van der Waals surface area contributed by atoms with Gasteiger partial charge in [-0.2, -0.15) is 0 Å². The molecule has 2 atom stereocenters. The lowest BCUT2D eigenvalue weighted by Gasteiger charge is -2.26. The Morgan fingerprint density at radius 1 is 1.03 bits per heavy atom. The van der Waals surface area contributed by atoms with Crippen molar-refractivity contribution >= 4 is 50.0 Å². The van der Waals surface area contributed by atoms with Crippen LogP contribution in [0.25, 0.3) is 33.0 Å². The van der Waals surface area contributed by atoms with Crippen molar-refractivity contribution in [3.8, 4) is 0 Å². The van der Waals surface area contributed by atoms with E-state index >= 15 is 0 Å². The fourth-order valence-corrected chi connectivity index (χ4v) is 7.03. The molecule has 0 spiro atoms. The van der Waals surface area contributed by atoms with E-state index in [1.807, 2.05) is 17.4 Å². The third-order valence-corrected chi connectivity index (χ3v) is 8.84. The number of thiophene rings is 1. The van der Waals surface area contributed by atoms with Crippen molar-refractivity contribution in [1.82, 2.24) is 0 Å². The van der Waals surface area contributed by atoms with E-state index in [4.69, 9.17) is 0 Å². The van der Waals surface area contributed by atoms with E-state index in [1.54, 1.807) is 0 Å². The molecule has 0 saturated carbocycles. The van der Waals surface area contributed by atoms with Gasteiger partial charge in [0.15, 0.2) is 0 Å². The van der Waals surface area contributed by atoms with E-state index in [0.717, 1.165) is 25.8 Å². The Bertz CT molecular complexity index is 1600. The molecule has 0 fully saturated rings. The molecule has 2 aliphatic rings. The first kappa shape index (κ1) is 22.1. The molecular weight excluding hydrogens is 442 g/mol. The van der Waals surface area contributed by atoms with Crippen LogP contribution in [0.15, 0.2) is 97.2 Å². The summed E-state index contributed by atoms with van der Waals surface area (Å²) in [5.74, 6) is 1.05. The van der Waals surface area contributed by atoms with Crippen molar-refractivity contribution < 1.29 is 0 Å². The zero-order valence-corrected chi connectivity index (χ0v) is 21.1. The van der Waals surface area contributed by atoms with Crippen molar-refractivity contribution in [2.24, 2.45) is 11.8 Å². The fraction of sp³-hybridized carbons (Fsp3) is 0.212. The second-order valence-electron chi connectivity index (χ2n) is 9.60. The Hall–Kier alpha value is -3.36. The second-order valence-corrected chi connectivity index (χ2v) is 10.7. The number of anilines is 1. The number of benzene rings is 3. The first-order valence-electron chi connectivity index (χ1n) is 12.7. The number of hydrogen-bond acceptors (Lipinski definition) is 2. The van der Waals surface area contributed by atoms with E-state index in [1.165, 1.54) is 47.6 Å². The maximum Gasteiger partial charge on any atom is 0.0446 e. The summed E-state index contributed by atoms with van der Waals surface area (Å²) in [6, 6.07) is 22.3. The van der Waals surface area contributed by atoms with E-state index < -0.39 is 0 Å². The third-order valence-electron chi connectivity index (χ3n) is 7.67. The van der Waals surface area contributed by atoms with Crippen LogP contribution >= 0.6 is 11.3 Å². The molecule has 2 unspecified atom stereocenters. The van der Waals surface area contributed by atoms with Gasteiger partial charge < -0.3 is 4.90 Å². The molecule has 0 saturated heterocycles. The lowest BCUT2D eigenvalue weighted by Crippen LogP contribution is -2.27.